The van der Waals surface area contributed by atoms with E-state index in [0.29, 0.717) is 24.8 Å². The number of nitrogens with one attached hydrogen (secondary N) is 2. The molecular weight excluding hydrogens is 332 g/mol. The maximum absolute atomic E-state index is 12.6. The van der Waals surface area contributed by atoms with Crippen molar-refractivity contribution in [2.75, 3.05) is 19.6 Å². The van der Waals surface area contributed by atoms with Crippen LogP contribution in [0.3, 0.4) is 0 Å². The molecule has 3 saturated heterocycles. The van der Waals surface area contributed by atoms with E-state index in [9.17, 15) is 13.8 Å². The molecule has 3 heterocycles. The first-order valence-electron chi connectivity index (χ1n) is 8.73. The lowest BCUT2D eigenvalue weighted by molar-refractivity contribution is -0.128. The topological polar surface area (TPSA) is 91.0 Å². The third-order valence-electron chi connectivity index (χ3n) is 6.12. The average Bonchev–Trinajstić information content (AvgIpc) is 2.80. The molecule has 9 heteroatoms. The van der Waals surface area contributed by atoms with Crippen molar-refractivity contribution in [2.45, 2.75) is 56.7 Å². The molecule has 3 aliphatic heterocycles. The molecule has 3 amide bonds. The Labute approximate surface area is 144 Å². The highest BCUT2D eigenvalue weighted by Crippen LogP contribution is 2.48. The highest BCUT2D eigenvalue weighted by molar-refractivity contribution is 7.60. The molecule has 2 unspecified atom stereocenters. The van der Waals surface area contributed by atoms with Crippen molar-refractivity contribution >= 4 is 23.9 Å². The Kier molecular flexibility index (Phi) is 4.26. The van der Waals surface area contributed by atoms with Gasteiger partial charge in [-0.2, -0.15) is 9.35 Å². The van der Waals surface area contributed by atoms with Crippen molar-refractivity contribution in [1.82, 2.24) is 20.6 Å². The van der Waals surface area contributed by atoms with Crippen molar-refractivity contribution < 1.29 is 18.1 Å². The number of hydroxylamine groups is 2. The van der Waals surface area contributed by atoms with Crippen LogP contribution >= 0.6 is 0 Å². The Morgan fingerprint density at radius 2 is 2.04 bits per heavy atom. The highest BCUT2D eigenvalue weighted by Gasteiger charge is 2.50. The fraction of sp³-hybridized carbons (Fsp3) is 0.867. The summed E-state index contributed by atoms with van der Waals surface area (Å²) in [5, 5.41) is 7.66. The lowest BCUT2D eigenvalue weighted by atomic mass is 9.60. The van der Waals surface area contributed by atoms with Gasteiger partial charge in [-0.3, -0.25) is 4.79 Å². The summed E-state index contributed by atoms with van der Waals surface area (Å²) in [7, 11) is 0. The number of hydrogen-bond donors (Lipinski definition) is 3. The number of hydrogen-bond acceptors (Lipinski definition) is 5. The van der Waals surface area contributed by atoms with Gasteiger partial charge in [0.05, 0.1) is 6.04 Å². The SMILES string of the molecule is O=[SH]ON1C(=O)N2CC1CCC2C(=O)NC1CC2(CCNCC2)C1. The summed E-state index contributed by atoms with van der Waals surface area (Å²) in [6, 6.07) is -0.664. The largest absolute Gasteiger partial charge is 0.352 e. The number of piperidine rings is 2. The Hall–Kier alpha value is -1.19. The van der Waals surface area contributed by atoms with Crippen LogP contribution in [0.5, 0.6) is 0 Å². The highest BCUT2D eigenvalue weighted by atomic mass is 32.2. The summed E-state index contributed by atoms with van der Waals surface area (Å²) in [4.78, 5) is 26.5. The van der Waals surface area contributed by atoms with E-state index in [4.69, 9.17) is 4.28 Å². The van der Waals surface area contributed by atoms with Crippen LogP contribution < -0.4 is 10.6 Å². The number of rotatable bonds is 4. The third kappa shape index (κ3) is 2.72. The number of amides is 3. The molecule has 4 fully saturated rings. The minimum absolute atomic E-state index is 0.0582. The van der Waals surface area contributed by atoms with E-state index >= 15 is 0 Å². The number of carbonyl (C=O) groups excluding carboxylic acids is 2. The molecule has 2 N–H and O–H groups in total. The first-order valence-corrected chi connectivity index (χ1v) is 9.46. The minimum atomic E-state index is -0.541. The molecule has 4 aliphatic rings. The van der Waals surface area contributed by atoms with Crippen molar-refractivity contribution in [2.24, 2.45) is 5.41 Å². The second kappa shape index (κ2) is 6.27. The number of fused-ring (bicyclic) bond motifs is 2. The molecule has 24 heavy (non-hydrogen) atoms. The Balaban J connectivity index is 1.33. The molecule has 0 aromatic rings. The summed E-state index contributed by atoms with van der Waals surface area (Å²) in [5.41, 5.74) is 0.419. The van der Waals surface area contributed by atoms with Crippen molar-refractivity contribution in [3.05, 3.63) is 0 Å². The van der Waals surface area contributed by atoms with E-state index in [0.717, 1.165) is 31.0 Å². The summed E-state index contributed by atoms with van der Waals surface area (Å²) in [6.45, 7) is 2.61. The second-order valence-corrected chi connectivity index (χ2v) is 7.84. The quantitative estimate of drug-likeness (QED) is 0.602. The van der Waals surface area contributed by atoms with E-state index < -0.39 is 18.0 Å². The van der Waals surface area contributed by atoms with Crippen molar-refractivity contribution in [3.8, 4) is 0 Å². The van der Waals surface area contributed by atoms with Crippen LogP contribution in [0.1, 0.15) is 38.5 Å². The van der Waals surface area contributed by atoms with Crippen LogP contribution in [0.25, 0.3) is 0 Å². The van der Waals surface area contributed by atoms with E-state index in [-0.39, 0.29) is 24.0 Å². The van der Waals surface area contributed by atoms with Gasteiger partial charge >= 0.3 is 6.03 Å². The van der Waals surface area contributed by atoms with Gasteiger partial charge in [-0.15, -0.1) is 0 Å². The fourth-order valence-electron chi connectivity index (χ4n) is 4.80. The number of carbonyl (C=O) groups is 2. The van der Waals surface area contributed by atoms with E-state index in [1.54, 1.807) is 4.90 Å². The molecular formula is C15H24N4O4S. The van der Waals surface area contributed by atoms with Crippen LogP contribution in [0.15, 0.2) is 0 Å². The molecule has 4 rings (SSSR count). The van der Waals surface area contributed by atoms with Gasteiger partial charge in [-0.25, -0.2) is 9.00 Å². The Bertz CT molecular complexity index is 546. The number of urea groups is 1. The van der Waals surface area contributed by atoms with Gasteiger partial charge in [0.1, 0.15) is 6.04 Å². The van der Waals surface area contributed by atoms with Crippen LogP contribution in [-0.2, 0) is 21.0 Å². The van der Waals surface area contributed by atoms with Crippen LogP contribution in [-0.4, -0.2) is 63.9 Å². The van der Waals surface area contributed by atoms with Crippen molar-refractivity contribution in [1.29, 1.82) is 0 Å². The Morgan fingerprint density at radius 1 is 1.29 bits per heavy atom. The van der Waals surface area contributed by atoms with Gasteiger partial charge < -0.3 is 15.5 Å². The molecule has 0 aromatic carbocycles. The molecule has 134 valence electrons. The molecule has 0 aromatic heterocycles. The zero-order chi connectivity index (χ0) is 16.7. The predicted molar refractivity (Wildman–Crippen MR) is 87.1 cm³/mol. The fourth-order valence-corrected chi connectivity index (χ4v) is 5.07. The van der Waals surface area contributed by atoms with Gasteiger partial charge in [0.15, 0.2) is 11.9 Å². The first kappa shape index (κ1) is 16.3. The minimum Gasteiger partial charge on any atom is -0.352 e. The number of thiol groups is 1. The van der Waals surface area contributed by atoms with Crippen molar-refractivity contribution in [3.63, 3.8) is 0 Å². The maximum atomic E-state index is 12.6. The number of nitrogens with zero attached hydrogens (tertiary/aromatic N) is 2. The van der Waals surface area contributed by atoms with Gasteiger partial charge in [0, 0.05) is 12.6 Å². The van der Waals surface area contributed by atoms with Gasteiger partial charge in [-0.05, 0) is 57.0 Å². The normalized spacial score (nSPS) is 32.1. The first-order chi connectivity index (χ1) is 11.6. The zero-order valence-corrected chi connectivity index (χ0v) is 14.5. The van der Waals surface area contributed by atoms with Crippen LogP contribution in [0.4, 0.5) is 4.79 Å². The summed E-state index contributed by atoms with van der Waals surface area (Å²) in [5.74, 6) is -0.0582. The summed E-state index contributed by atoms with van der Waals surface area (Å²) < 4.78 is 15.5. The standard InChI is InChI=1S/C15H24N4O4S/c20-13(17-10-7-15(8-10)3-5-16-6-4-15)12-2-1-11-9-18(12)14(21)19(11)23-24-22/h10-12,16,24H,1-9H2,(H,17,20). The average molecular weight is 356 g/mol. The molecule has 8 nitrogen and oxygen atoms in total. The lowest BCUT2D eigenvalue weighted by Gasteiger charge is -2.51. The zero-order valence-electron chi connectivity index (χ0n) is 13.6. The van der Waals surface area contributed by atoms with E-state index in [1.165, 1.54) is 12.8 Å². The molecule has 1 spiro atoms. The van der Waals surface area contributed by atoms with Gasteiger partial charge in [-0.1, -0.05) is 0 Å². The van der Waals surface area contributed by atoms with Gasteiger partial charge in [0.2, 0.25) is 5.91 Å². The smallest absolute Gasteiger partial charge is 0.346 e. The molecule has 1 saturated carbocycles. The summed E-state index contributed by atoms with van der Waals surface area (Å²) in [6.07, 6.45) is 5.80. The maximum Gasteiger partial charge on any atom is 0.346 e. The lowest BCUT2D eigenvalue weighted by Crippen LogP contribution is -2.58. The van der Waals surface area contributed by atoms with Crippen LogP contribution in [0.2, 0.25) is 0 Å². The monoisotopic (exact) mass is 356 g/mol. The van der Waals surface area contributed by atoms with E-state index in [1.807, 2.05) is 0 Å². The third-order valence-corrected chi connectivity index (χ3v) is 6.36. The van der Waals surface area contributed by atoms with Gasteiger partial charge in [0.25, 0.3) is 0 Å². The molecule has 0 radical (unpaired) electrons. The van der Waals surface area contributed by atoms with Crippen LogP contribution in [0, 0.1) is 5.41 Å². The van der Waals surface area contributed by atoms with E-state index in [2.05, 4.69) is 10.6 Å². The predicted octanol–water partition coefficient (Wildman–Crippen LogP) is -0.305. The second-order valence-electron chi connectivity index (χ2n) is 7.53. The molecule has 2 bridgehead atoms. The molecule has 2 atom stereocenters. The molecule has 1 aliphatic carbocycles. The summed E-state index contributed by atoms with van der Waals surface area (Å²) >= 11 is -0.541. The Morgan fingerprint density at radius 3 is 2.75 bits per heavy atom.